The Bertz CT molecular complexity index is 703. The Labute approximate surface area is 163 Å². The highest BCUT2D eigenvalue weighted by atomic mass is 79.9. The second kappa shape index (κ2) is 9.05. The molecule has 2 rings (SSSR count). The summed E-state index contributed by atoms with van der Waals surface area (Å²) in [6, 6.07) is 15.8. The molecule has 0 unspecified atom stereocenters. The Balaban J connectivity index is 1.92. The maximum Gasteiger partial charge on any atom is 0.207 e. The van der Waals surface area contributed by atoms with Gasteiger partial charge < -0.3 is 0 Å². The molecule has 24 heavy (non-hydrogen) atoms. The third-order valence-electron chi connectivity index (χ3n) is 3.17. The molecule has 0 aromatic heterocycles. The molecule has 0 saturated carbocycles. The van der Waals surface area contributed by atoms with Crippen molar-refractivity contribution in [2.45, 2.75) is 13.8 Å². The first-order valence-electron chi connectivity index (χ1n) is 7.12. The highest BCUT2D eigenvalue weighted by Gasteiger charge is 2.00. The molecule has 4 nitrogen and oxygen atoms in total. The summed E-state index contributed by atoms with van der Waals surface area (Å²) in [6.07, 6.45) is 0. The number of hydrazone groups is 2. The van der Waals surface area contributed by atoms with Crippen LogP contribution in [0.4, 0.5) is 0 Å². The first kappa shape index (κ1) is 18.8. The van der Waals surface area contributed by atoms with Crippen molar-refractivity contribution in [2.24, 2.45) is 10.2 Å². The Morgan fingerprint density at radius 1 is 0.750 bits per heavy atom. The summed E-state index contributed by atoms with van der Waals surface area (Å²) >= 11 is 12.0. The van der Waals surface area contributed by atoms with Gasteiger partial charge in [0.15, 0.2) is 0 Å². The fraction of sp³-hybridized carbons (Fsp3) is 0.118. The number of rotatable bonds is 4. The quantitative estimate of drug-likeness (QED) is 0.384. The average molecular weight is 468 g/mol. The van der Waals surface area contributed by atoms with E-state index < -0.39 is 0 Å². The monoisotopic (exact) mass is 466 g/mol. The van der Waals surface area contributed by atoms with Crippen molar-refractivity contribution in [1.29, 1.82) is 0 Å². The van der Waals surface area contributed by atoms with Gasteiger partial charge in [0.1, 0.15) is 0 Å². The molecule has 0 bridgehead atoms. The third kappa shape index (κ3) is 5.81. The molecular formula is C17H16Br2N4S. The molecule has 124 valence electrons. The van der Waals surface area contributed by atoms with Gasteiger partial charge in [-0.1, -0.05) is 56.1 Å². The van der Waals surface area contributed by atoms with Crippen LogP contribution in [0, 0.1) is 0 Å². The predicted octanol–water partition coefficient (Wildman–Crippen LogP) is 4.82. The van der Waals surface area contributed by atoms with Crippen LogP contribution < -0.4 is 10.9 Å². The summed E-state index contributed by atoms with van der Waals surface area (Å²) < 4.78 is 2.06. The lowest BCUT2D eigenvalue weighted by atomic mass is 10.1. The van der Waals surface area contributed by atoms with Crippen LogP contribution in [0.15, 0.2) is 67.7 Å². The molecule has 0 fully saturated rings. The average Bonchev–Trinajstić information content (AvgIpc) is 2.58. The smallest absolute Gasteiger partial charge is 0.207 e. The molecule has 0 saturated heterocycles. The van der Waals surface area contributed by atoms with Crippen LogP contribution in [0.1, 0.15) is 25.0 Å². The fourth-order valence-corrected chi connectivity index (χ4v) is 2.43. The van der Waals surface area contributed by atoms with Crippen molar-refractivity contribution in [3.63, 3.8) is 0 Å². The summed E-state index contributed by atoms with van der Waals surface area (Å²) in [5, 5.41) is 8.85. The number of nitrogens with one attached hydrogen (secondary N) is 2. The SMILES string of the molecule is C/C(=N\NC(=S)N/N=C(\C)c1ccc(Br)cc1)c1ccc(Br)cc1. The van der Waals surface area contributed by atoms with Crippen LogP contribution in [0.25, 0.3) is 0 Å². The minimum absolute atomic E-state index is 0.336. The van der Waals surface area contributed by atoms with Crippen molar-refractivity contribution < 1.29 is 0 Å². The van der Waals surface area contributed by atoms with Gasteiger partial charge in [0.05, 0.1) is 11.4 Å². The van der Waals surface area contributed by atoms with E-state index in [9.17, 15) is 0 Å². The molecule has 0 spiro atoms. The van der Waals surface area contributed by atoms with Crippen molar-refractivity contribution >= 4 is 60.6 Å². The summed E-state index contributed by atoms with van der Waals surface area (Å²) in [6.45, 7) is 3.82. The zero-order valence-electron chi connectivity index (χ0n) is 13.2. The molecular weight excluding hydrogens is 452 g/mol. The van der Waals surface area contributed by atoms with Gasteiger partial charge in [-0.2, -0.15) is 10.2 Å². The highest BCUT2D eigenvalue weighted by molar-refractivity contribution is 9.10. The van der Waals surface area contributed by atoms with Gasteiger partial charge in [-0.3, -0.25) is 10.9 Å². The normalized spacial score (nSPS) is 12.0. The van der Waals surface area contributed by atoms with Crippen LogP contribution in [0.2, 0.25) is 0 Å². The first-order valence-corrected chi connectivity index (χ1v) is 9.11. The van der Waals surface area contributed by atoms with E-state index in [1.165, 1.54) is 0 Å². The Kier molecular flexibility index (Phi) is 7.08. The molecule has 0 aliphatic carbocycles. The van der Waals surface area contributed by atoms with Crippen molar-refractivity contribution in [2.75, 3.05) is 0 Å². The van der Waals surface area contributed by atoms with Crippen molar-refractivity contribution in [1.82, 2.24) is 10.9 Å². The van der Waals surface area contributed by atoms with E-state index in [1.807, 2.05) is 62.4 Å². The van der Waals surface area contributed by atoms with Gasteiger partial charge in [0.25, 0.3) is 0 Å². The Hall–Kier alpha value is -1.57. The number of hydrogen-bond donors (Lipinski definition) is 2. The van der Waals surface area contributed by atoms with Gasteiger partial charge in [0.2, 0.25) is 5.11 Å². The van der Waals surface area contributed by atoms with Gasteiger partial charge in [0, 0.05) is 8.95 Å². The maximum atomic E-state index is 5.18. The maximum absolute atomic E-state index is 5.18. The molecule has 2 N–H and O–H groups in total. The van der Waals surface area contributed by atoms with Crippen LogP contribution in [-0.4, -0.2) is 16.5 Å². The molecule has 0 aliphatic rings. The molecule has 0 radical (unpaired) electrons. The predicted molar refractivity (Wildman–Crippen MR) is 112 cm³/mol. The van der Waals surface area contributed by atoms with E-state index in [0.29, 0.717) is 5.11 Å². The van der Waals surface area contributed by atoms with Gasteiger partial charge in [-0.25, -0.2) is 0 Å². The van der Waals surface area contributed by atoms with Gasteiger partial charge >= 0.3 is 0 Å². The number of benzene rings is 2. The van der Waals surface area contributed by atoms with Gasteiger partial charge in [-0.05, 0) is 61.5 Å². The van der Waals surface area contributed by atoms with Crippen LogP contribution in [0.5, 0.6) is 0 Å². The first-order chi connectivity index (χ1) is 11.5. The van der Waals surface area contributed by atoms with E-state index in [4.69, 9.17) is 12.2 Å². The van der Waals surface area contributed by atoms with Crippen LogP contribution in [0.3, 0.4) is 0 Å². The Morgan fingerprint density at radius 3 is 1.42 bits per heavy atom. The highest BCUT2D eigenvalue weighted by Crippen LogP contribution is 2.11. The zero-order valence-corrected chi connectivity index (χ0v) is 17.2. The standard InChI is InChI=1S/C17H16Br2N4S/c1-11(13-3-7-15(18)8-4-13)20-22-17(24)23-21-12(2)14-5-9-16(19)10-6-14/h3-10H,1-2H3,(H2,22,23,24)/b20-11+,21-12+. The number of nitrogens with zero attached hydrogens (tertiary/aromatic N) is 2. The van der Waals surface area contributed by atoms with Crippen molar-refractivity contribution in [3.8, 4) is 0 Å². The second-order valence-corrected chi connectivity index (χ2v) is 7.20. The summed E-state index contributed by atoms with van der Waals surface area (Å²) in [4.78, 5) is 0. The van der Waals surface area contributed by atoms with E-state index in [2.05, 4.69) is 52.9 Å². The summed E-state index contributed by atoms with van der Waals surface area (Å²) in [5.41, 5.74) is 9.29. The molecule has 0 aliphatic heterocycles. The largest absolute Gasteiger partial charge is 0.252 e. The van der Waals surface area contributed by atoms with E-state index in [1.54, 1.807) is 0 Å². The molecule has 0 atom stereocenters. The van der Waals surface area contributed by atoms with E-state index >= 15 is 0 Å². The zero-order chi connectivity index (χ0) is 17.5. The molecule has 7 heteroatoms. The molecule has 2 aromatic rings. The van der Waals surface area contributed by atoms with Crippen LogP contribution >= 0.6 is 44.1 Å². The molecule has 0 heterocycles. The van der Waals surface area contributed by atoms with Gasteiger partial charge in [-0.15, -0.1) is 0 Å². The third-order valence-corrected chi connectivity index (χ3v) is 4.41. The lowest BCUT2D eigenvalue weighted by Crippen LogP contribution is -2.29. The van der Waals surface area contributed by atoms with E-state index in [0.717, 1.165) is 31.5 Å². The molecule has 2 aromatic carbocycles. The number of thiocarbonyl (C=S) groups is 1. The second-order valence-electron chi connectivity index (χ2n) is 4.96. The number of halogens is 2. The minimum atomic E-state index is 0.336. The molecule has 0 amide bonds. The number of hydrogen-bond acceptors (Lipinski definition) is 3. The van der Waals surface area contributed by atoms with E-state index in [-0.39, 0.29) is 0 Å². The topological polar surface area (TPSA) is 48.8 Å². The summed E-state index contributed by atoms with van der Waals surface area (Å²) in [5.74, 6) is 0. The summed E-state index contributed by atoms with van der Waals surface area (Å²) in [7, 11) is 0. The van der Waals surface area contributed by atoms with Crippen LogP contribution in [-0.2, 0) is 0 Å². The Morgan fingerprint density at radius 2 is 1.08 bits per heavy atom. The lowest BCUT2D eigenvalue weighted by molar-refractivity contribution is 0.925. The van der Waals surface area contributed by atoms with Crippen molar-refractivity contribution in [3.05, 3.63) is 68.6 Å². The minimum Gasteiger partial charge on any atom is -0.252 e. The fourth-order valence-electron chi connectivity index (χ4n) is 1.81. The lowest BCUT2D eigenvalue weighted by Gasteiger charge is -2.06.